The molecule has 0 spiro atoms. The molecule has 0 radical (unpaired) electrons. The van der Waals surface area contributed by atoms with E-state index in [1.165, 1.54) is 12.0 Å². The van der Waals surface area contributed by atoms with Crippen molar-refractivity contribution in [2.24, 2.45) is 0 Å². The van der Waals surface area contributed by atoms with Crippen LogP contribution in [0.5, 0.6) is 0 Å². The molecule has 19 heavy (non-hydrogen) atoms. The highest BCUT2D eigenvalue weighted by Crippen LogP contribution is 2.30. The Morgan fingerprint density at radius 3 is 2.53 bits per heavy atom. The van der Waals surface area contributed by atoms with Gasteiger partial charge in [0.1, 0.15) is 0 Å². The summed E-state index contributed by atoms with van der Waals surface area (Å²) in [5.74, 6) is -0.432. The van der Waals surface area contributed by atoms with E-state index in [1.807, 2.05) is 30.3 Å². The maximum atomic E-state index is 12.0. The summed E-state index contributed by atoms with van der Waals surface area (Å²) in [6.07, 6.45) is 0. The molecule has 0 saturated heterocycles. The second-order valence-electron chi connectivity index (χ2n) is 4.34. The van der Waals surface area contributed by atoms with Crippen LogP contribution in [0.1, 0.15) is 18.5 Å². The molecule has 0 fully saturated rings. The number of carbonyl (C=O) groups excluding carboxylic acids is 2. The molecule has 1 N–H and O–H groups in total. The summed E-state index contributed by atoms with van der Waals surface area (Å²) in [6.45, 7) is 1.74. The van der Waals surface area contributed by atoms with Gasteiger partial charge in [-0.15, -0.1) is 0 Å². The van der Waals surface area contributed by atoms with E-state index in [2.05, 4.69) is 5.32 Å². The minimum absolute atomic E-state index is 0.237. The molecule has 1 heterocycles. The van der Waals surface area contributed by atoms with Crippen LogP contribution in [-0.2, 0) is 9.53 Å². The largest absolute Gasteiger partial charge is 0.466 e. The van der Waals surface area contributed by atoms with Gasteiger partial charge in [0.2, 0.25) is 0 Å². The molecule has 0 unspecified atom stereocenters. The average molecular weight is 260 g/mol. The molecule has 1 aliphatic heterocycles. The molecule has 1 aromatic carbocycles. The third kappa shape index (κ3) is 2.31. The molecule has 0 saturated carbocycles. The van der Waals surface area contributed by atoms with Gasteiger partial charge in [-0.25, -0.2) is 9.59 Å². The van der Waals surface area contributed by atoms with Crippen LogP contribution in [-0.4, -0.2) is 31.1 Å². The minimum Gasteiger partial charge on any atom is -0.466 e. The maximum absolute atomic E-state index is 12.0. The van der Waals surface area contributed by atoms with Crippen LogP contribution in [0.2, 0.25) is 0 Å². The fourth-order valence-electron chi connectivity index (χ4n) is 2.11. The van der Waals surface area contributed by atoms with Gasteiger partial charge in [0, 0.05) is 12.7 Å². The summed E-state index contributed by atoms with van der Waals surface area (Å²) in [6, 6.07) is 8.64. The van der Waals surface area contributed by atoms with Crippen molar-refractivity contribution < 1.29 is 14.3 Å². The van der Waals surface area contributed by atoms with E-state index in [-0.39, 0.29) is 6.03 Å². The lowest BCUT2D eigenvalue weighted by atomic mass is 9.95. The number of methoxy groups -OCH3 is 1. The van der Waals surface area contributed by atoms with Crippen LogP contribution in [0.4, 0.5) is 4.79 Å². The predicted octanol–water partition coefficient (Wildman–Crippen LogP) is 1.83. The first-order chi connectivity index (χ1) is 9.06. The number of hydrogen-bond donors (Lipinski definition) is 1. The smallest absolute Gasteiger partial charge is 0.337 e. The van der Waals surface area contributed by atoms with Gasteiger partial charge >= 0.3 is 12.0 Å². The van der Waals surface area contributed by atoms with Gasteiger partial charge in [-0.05, 0) is 12.5 Å². The van der Waals surface area contributed by atoms with Crippen molar-refractivity contribution in [1.29, 1.82) is 0 Å². The Bertz CT molecular complexity index is 537. The first-order valence-corrected chi connectivity index (χ1v) is 5.94. The van der Waals surface area contributed by atoms with Crippen LogP contribution in [0.3, 0.4) is 0 Å². The highest BCUT2D eigenvalue weighted by molar-refractivity contribution is 5.94. The number of nitrogens with one attached hydrogen (secondary N) is 1. The second-order valence-corrected chi connectivity index (χ2v) is 4.34. The van der Waals surface area contributed by atoms with E-state index in [1.54, 1.807) is 14.0 Å². The van der Waals surface area contributed by atoms with Gasteiger partial charge in [0.15, 0.2) is 0 Å². The van der Waals surface area contributed by atoms with Crippen LogP contribution < -0.4 is 5.32 Å². The molecule has 0 aliphatic carbocycles. The summed E-state index contributed by atoms with van der Waals surface area (Å²) in [5.41, 5.74) is 1.91. The first-order valence-electron chi connectivity index (χ1n) is 5.94. The number of ether oxygens (including phenoxy) is 1. The fraction of sp³-hybridized carbons (Fsp3) is 0.286. The quantitative estimate of drug-likeness (QED) is 0.825. The normalized spacial score (nSPS) is 19.2. The lowest BCUT2D eigenvalue weighted by molar-refractivity contribution is -0.136. The number of rotatable bonds is 2. The van der Waals surface area contributed by atoms with E-state index in [9.17, 15) is 9.59 Å². The van der Waals surface area contributed by atoms with E-state index in [0.717, 1.165) is 5.56 Å². The topological polar surface area (TPSA) is 58.6 Å². The van der Waals surface area contributed by atoms with Gasteiger partial charge in [-0.3, -0.25) is 0 Å². The van der Waals surface area contributed by atoms with Gasteiger partial charge in [-0.2, -0.15) is 0 Å². The molecule has 0 aromatic heterocycles. The number of nitrogens with zero attached hydrogens (tertiary/aromatic N) is 1. The Labute approximate surface area is 111 Å². The molecule has 100 valence electrons. The molecule has 1 aliphatic rings. The average Bonchev–Trinajstić information content (AvgIpc) is 2.44. The van der Waals surface area contributed by atoms with E-state index >= 15 is 0 Å². The number of hydrogen-bond acceptors (Lipinski definition) is 3. The molecular weight excluding hydrogens is 244 g/mol. The van der Waals surface area contributed by atoms with Crippen LogP contribution in [0.25, 0.3) is 0 Å². The number of urea groups is 1. The highest BCUT2D eigenvalue weighted by Gasteiger charge is 2.34. The Morgan fingerprint density at radius 1 is 1.32 bits per heavy atom. The van der Waals surface area contributed by atoms with E-state index in [4.69, 9.17) is 4.74 Å². The molecule has 2 amide bonds. The third-order valence-electron chi connectivity index (χ3n) is 3.29. The minimum atomic E-state index is -0.475. The van der Waals surface area contributed by atoms with Crippen molar-refractivity contribution in [2.75, 3.05) is 14.2 Å². The summed E-state index contributed by atoms with van der Waals surface area (Å²) in [5, 5.41) is 2.81. The number of esters is 1. The fourth-order valence-corrected chi connectivity index (χ4v) is 2.11. The van der Waals surface area contributed by atoms with Gasteiger partial charge in [0.25, 0.3) is 0 Å². The Balaban J connectivity index is 2.52. The van der Waals surface area contributed by atoms with Crippen molar-refractivity contribution in [3.8, 4) is 0 Å². The van der Waals surface area contributed by atoms with Crippen LogP contribution in [0, 0.1) is 0 Å². The molecule has 1 atom stereocenters. The standard InChI is InChI=1S/C14H16N2O3/c1-9-11(13(17)19-3)12(15-14(18)16(9)2)10-7-5-4-6-8-10/h4-8,12H,1-3H3,(H,15,18)/t12-/m0/s1. The van der Waals surface area contributed by atoms with Gasteiger partial charge in [-0.1, -0.05) is 30.3 Å². The summed E-state index contributed by atoms with van der Waals surface area (Å²) >= 11 is 0. The Kier molecular flexibility index (Phi) is 3.55. The Hall–Kier alpha value is -2.30. The zero-order valence-electron chi connectivity index (χ0n) is 11.1. The SMILES string of the molecule is COC(=O)C1=C(C)N(C)C(=O)N[C@H]1c1ccccc1. The zero-order chi connectivity index (χ0) is 14.0. The van der Waals surface area contributed by atoms with Crippen molar-refractivity contribution >= 4 is 12.0 Å². The van der Waals surface area contributed by atoms with Crippen molar-refractivity contribution in [1.82, 2.24) is 10.2 Å². The Morgan fingerprint density at radius 2 is 1.95 bits per heavy atom. The van der Waals surface area contributed by atoms with Crippen molar-refractivity contribution in [3.05, 3.63) is 47.2 Å². The number of carbonyl (C=O) groups is 2. The number of allylic oxidation sites excluding steroid dienone is 1. The van der Waals surface area contributed by atoms with E-state index < -0.39 is 12.0 Å². The first kappa shape index (κ1) is 13.1. The zero-order valence-corrected chi connectivity index (χ0v) is 11.1. The molecule has 5 nitrogen and oxygen atoms in total. The van der Waals surface area contributed by atoms with Crippen LogP contribution >= 0.6 is 0 Å². The lowest BCUT2D eigenvalue weighted by Crippen LogP contribution is -2.46. The van der Waals surface area contributed by atoms with Crippen LogP contribution in [0.15, 0.2) is 41.6 Å². The monoisotopic (exact) mass is 260 g/mol. The lowest BCUT2D eigenvalue weighted by Gasteiger charge is -2.33. The van der Waals surface area contributed by atoms with Crippen molar-refractivity contribution in [2.45, 2.75) is 13.0 Å². The molecular formula is C14H16N2O3. The molecule has 5 heteroatoms. The summed E-state index contributed by atoms with van der Waals surface area (Å²) < 4.78 is 4.82. The van der Waals surface area contributed by atoms with Crippen molar-refractivity contribution in [3.63, 3.8) is 0 Å². The number of amides is 2. The van der Waals surface area contributed by atoms with E-state index in [0.29, 0.717) is 11.3 Å². The second kappa shape index (κ2) is 5.14. The number of benzene rings is 1. The summed E-state index contributed by atoms with van der Waals surface area (Å²) in [7, 11) is 2.95. The molecule has 0 bridgehead atoms. The highest BCUT2D eigenvalue weighted by atomic mass is 16.5. The van der Waals surface area contributed by atoms with Gasteiger partial charge in [0.05, 0.1) is 18.7 Å². The van der Waals surface area contributed by atoms with Gasteiger partial charge < -0.3 is 15.0 Å². The molecule has 1 aromatic rings. The predicted molar refractivity (Wildman–Crippen MR) is 70.2 cm³/mol. The maximum Gasteiger partial charge on any atom is 0.337 e. The molecule has 2 rings (SSSR count). The summed E-state index contributed by atoms with van der Waals surface area (Å²) in [4.78, 5) is 25.2. The third-order valence-corrected chi connectivity index (χ3v) is 3.29.